The lowest BCUT2D eigenvalue weighted by Gasteiger charge is -2.21. The molecule has 1 aromatic carbocycles. The number of hydrogen-bond donors (Lipinski definition) is 1. The first-order valence-electron chi connectivity index (χ1n) is 7.53. The molecule has 0 aromatic heterocycles. The second-order valence-electron chi connectivity index (χ2n) is 5.82. The summed E-state index contributed by atoms with van der Waals surface area (Å²) in [5, 5.41) is 3.32. The SMILES string of the molecule is CNC(CS(=O)c1ccc2c(c1)CCC2)C1CCOC1. The Hall–Kier alpha value is -0.710. The Balaban J connectivity index is 1.68. The van der Waals surface area contributed by atoms with Crippen LogP contribution in [0.5, 0.6) is 0 Å². The second kappa shape index (κ2) is 6.37. The van der Waals surface area contributed by atoms with Gasteiger partial charge in [-0.05, 0) is 56.0 Å². The molecule has 110 valence electrons. The van der Waals surface area contributed by atoms with Crippen LogP contribution in [0.3, 0.4) is 0 Å². The highest BCUT2D eigenvalue weighted by Gasteiger charge is 2.26. The van der Waals surface area contributed by atoms with Gasteiger partial charge in [0.15, 0.2) is 0 Å². The van der Waals surface area contributed by atoms with Crippen LogP contribution in [-0.2, 0) is 28.4 Å². The number of aryl methyl sites for hydroxylation is 2. The van der Waals surface area contributed by atoms with Crippen molar-refractivity contribution in [1.29, 1.82) is 0 Å². The van der Waals surface area contributed by atoms with Crippen LogP contribution in [0.1, 0.15) is 24.0 Å². The molecule has 4 heteroatoms. The van der Waals surface area contributed by atoms with E-state index in [1.165, 1.54) is 24.0 Å². The second-order valence-corrected chi connectivity index (χ2v) is 7.31. The van der Waals surface area contributed by atoms with Crippen molar-refractivity contribution in [3.05, 3.63) is 29.3 Å². The van der Waals surface area contributed by atoms with Gasteiger partial charge in [-0.2, -0.15) is 0 Å². The standard InChI is InChI=1S/C16H23NO2S/c1-17-16(14-7-8-19-10-14)11-20(18)15-6-5-12-3-2-4-13(12)9-15/h5-6,9,14,16-17H,2-4,7-8,10-11H2,1H3. The zero-order valence-electron chi connectivity index (χ0n) is 12.1. The minimum Gasteiger partial charge on any atom is -0.381 e. The lowest BCUT2D eigenvalue weighted by atomic mass is 10.0. The Labute approximate surface area is 123 Å². The molecule has 0 spiro atoms. The smallest absolute Gasteiger partial charge is 0.0545 e. The van der Waals surface area contributed by atoms with Crippen molar-refractivity contribution in [3.63, 3.8) is 0 Å². The summed E-state index contributed by atoms with van der Waals surface area (Å²) in [6, 6.07) is 6.67. The summed E-state index contributed by atoms with van der Waals surface area (Å²) in [4.78, 5) is 0.991. The molecule has 1 heterocycles. The average molecular weight is 293 g/mol. The van der Waals surface area contributed by atoms with Gasteiger partial charge in [-0.3, -0.25) is 4.21 Å². The van der Waals surface area contributed by atoms with Crippen molar-refractivity contribution in [2.75, 3.05) is 26.0 Å². The van der Waals surface area contributed by atoms with E-state index in [-0.39, 0.29) is 6.04 Å². The number of rotatable bonds is 5. The fourth-order valence-electron chi connectivity index (χ4n) is 3.27. The third-order valence-electron chi connectivity index (χ3n) is 4.57. The third kappa shape index (κ3) is 2.97. The topological polar surface area (TPSA) is 38.3 Å². The number of ether oxygens (including phenoxy) is 1. The minimum atomic E-state index is -0.920. The molecule has 2 aliphatic rings. The number of hydrogen-bond acceptors (Lipinski definition) is 3. The van der Waals surface area contributed by atoms with Gasteiger partial charge in [-0.25, -0.2) is 0 Å². The first-order valence-corrected chi connectivity index (χ1v) is 8.85. The Kier molecular flexibility index (Phi) is 4.54. The predicted octanol–water partition coefficient (Wildman–Crippen LogP) is 1.91. The number of fused-ring (bicyclic) bond motifs is 1. The van der Waals surface area contributed by atoms with E-state index in [1.807, 2.05) is 7.05 Å². The summed E-state index contributed by atoms with van der Waals surface area (Å²) in [7, 11) is 1.04. The molecule has 20 heavy (non-hydrogen) atoms. The molecule has 1 aliphatic heterocycles. The summed E-state index contributed by atoms with van der Waals surface area (Å²) in [5.74, 6) is 1.18. The molecular weight excluding hydrogens is 270 g/mol. The van der Waals surface area contributed by atoms with Crippen LogP contribution in [0.25, 0.3) is 0 Å². The van der Waals surface area contributed by atoms with E-state index in [0.717, 1.165) is 31.0 Å². The third-order valence-corrected chi connectivity index (χ3v) is 6.01. The van der Waals surface area contributed by atoms with Gasteiger partial charge >= 0.3 is 0 Å². The molecule has 1 saturated heterocycles. The fraction of sp³-hybridized carbons (Fsp3) is 0.625. The fourth-order valence-corrected chi connectivity index (χ4v) is 4.73. The van der Waals surface area contributed by atoms with Crippen LogP contribution in [0.15, 0.2) is 23.1 Å². The van der Waals surface area contributed by atoms with Gasteiger partial charge in [-0.15, -0.1) is 0 Å². The number of benzene rings is 1. The lowest BCUT2D eigenvalue weighted by Crippen LogP contribution is -2.38. The van der Waals surface area contributed by atoms with E-state index >= 15 is 0 Å². The normalized spacial score (nSPS) is 24.6. The molecule has 3 unspecified atom stereocenters. The monoisotopic (exact) mass is 293 g/mol. The highest BCUT2D eigenvalue weighted by atomic mass is 32.2. The van der Waals surface area contributed by atoms with Gasteiger partial charge in [0.25, 0.3) is 0 Å². The highest BCUT2D eigenvalue weighted by molar-refractivity contribution is 7.85. The molecule has 3 atom stereocenters. The van der Waals surface area contributed by atoms with Crippen molar-refractivity contribution >= 4 is 10.8 Å². The van der Waals surface area contributed by atoms with Gasteiger partial charge in [0.05, 0.1) is 17.4 Å². The highest BCUT2D eigenvalue weighted by Crippen LogP contribution is 2.25. The molecule has 0 bridgehead atoms. The zero-order valence-corrected chi connectivity index (χ0v) is 12.9. The molecule has 1 N–H and O–H groups in total. The van der Waals surface area contributed by atoms with Gasteiger partial charge in [-0.1, -0.05) is 6.07 Å². The summed E-state index contributed by atoms with van der Waals surface area (Å²) in [6.07, 6.45) is 4.64. The van der Waals surface area contributed by atoms with Crippen LogP contribution < -0.4 is 5.32 Å². The largest absolute Gasteiger partial charge is 0.381 e. The first-order chi connectivity index (χ1) is 9.78. The lowest BCUT2D eigenvalue weighted by molar-refractivity contribution is 0.179. The van der Waals surface area contributed by atoms with Crippen molar-refractivity contribution in [1.82, 2.24) is 5.32 Å². The molecule has 1 aliphatic carbocycles. The molecule has 3 rings (SSSR count). The van der Waals surface area contributed by atoms with Crippen molar-refractivity contribution < 1.29 is 8.95 Å². The van der Waals surface area contributed by atoms with Crippen LogP contribution >= 0.6 is 0 Å². The molecule has 1 aromatic rings. The Morgan fingerprint density at radius 2 is 2.25 bits per heavy atom. The van der Waals surface area contributed by atoms with Crippen molar-refractivity contribution in [2.24, 2.45) is 5.92 Å². The first kappa shape index (κ1) is 14.2. The molecule has 0 radical (unpaired) electrons. The molecule has 0 saturated carbocycles. The van der Waals surface area contributed by atoms with Crippen molar-refractivity contribution in [2.45, 2.75) is 36.6 Å². The van der Waals surface area contributed by atoms with Crippen LogP contribution in [0, 0.1) is 5.92 Å². The maximum absolute atomic E-state index is 12.6. The van der Waals surface area contributed by atoms with Crippen LogP contribution in [0.2, 0.25) is 0 Å². The van der Waals surface area contributed by atoms with Gasteiger partial charge in [0.1, 0.15) is 0 Å². The van der Waals surface area contributed by atoms with E-state index in [1.54, 1.807) is 0 Å². The Morgan fingerprint density at radius 3 is 3.00 bits per heavy atom. The van der Waals surface area contributed by atoms with Crippen molar-refractivity contribution in [3.8, 4) is 0 Å². The predicted molar refractivity (Wildman–Crippen MR) is 81.5 cm³/mol. The van der Waals surface area contributed by atoms with E-state index < -0.39 is 10.8 Å². The van der Waals surface area contributed by atoms with E-state index in [2.05, 4.69) is 23.5 Å². The zero-order chi connectivity index (χ0) is 13.9. The van der Waals surface area contributed by atoms with E-state index in [0.29, 0.717) is 11.7 Å². The average Bonchev–Trinajstić information content (AvgIpc) is 3.14. The maximum Gasteiger partial charge on any atom is 0.0545 e. The summed E-state index contributed by atoms with van der Waals surface area (Å²) < 4.78 is 18.0. The number of nitrogens with one attached hydrogen (secondary N) is 1. The van der Waals surface area contributed by atoms with E-state index in [9.17, 15) is 4.21 Å². The molecule has 0 amide bonds. The summed E-state index contributed by atoms with van der Waals surface area (Å²) >= 11 is 0. The quantitative estimate of drug-likeness (QED) is 0.901. The molecule has 1 fully saturated rings. The van der Waals surface area contributed by atoms with Crippen LogP contribution in [0.4, 0.5) is 0 Å². The van der Waals surface area contributed by atoms with E-state index in [4.69, 9.17) is 4.74 Å². The minimum absolute atomic E-state index is 0.284. The van der Waals surface area contributed by atoms with Gasteiger partial charge in [0, 0.05) is 29.2 Å². The summed E-state index contributed by atoms with van der Waals surface area (Å²) in [6.45, 7) is 1.64. The van der Waals surface area contributed by atoms with Crippen LogP contribution in [-0.4, -0.2) is 36.3 Å². The maximum atomic E-state index is 12.6. The molecule has 3 nitrogen and oxygen atoms in total. The van der Waals surface area contributed by atoms with Gasteiger partial charge in [0.2, 0.25) is 0 Å². The van der Waals surface area contributed by atoms with Gasteiger partial charge < -0.3 is 10.1 Å². The summed E-state index contributed by atoms with van der Waals surface area (Å²) in [5.41, 5.74) is 2.85. The Bertz CT molecular complexity index is 497. The molecular formula is C16H23NO2S. The Morgan fingerprint density at radius 1 is 1.40 bits per heavy atom.